The first-order valence-corrected chi connectivity index (χ1v) is 8.05. The van der Waals surface area contributed by atoms with Gasteiger partial charge in [-0.15, -0.1) is 0 Å². The Morgan fingerprint density at radius 3 is 2.73 bits per heavy atom. The summed E-state index contributed by atoms with van der Waals surface area (Å²) in [4.78, 5) is 16.6. The Morgan fingerprint density at radius 2 is 2.05 bits per heavy atom. The lowest BCUT2D eigenvalue weighted by atomic mass is 10.1. The Bertz CT molecular complexity index is 506. The number of amides is 1. The second-order valence-electron chi connectivity index (χ2n) is 5.88. The first-order chi connectivity index (χ1) is 10.8. The van der Waals surface area contributed by atoms with Crippen molar-refractivity contribution in [2.24, 2.45) is 0 Å². The molecule has 2 aliphatic heterocycles. The molecule has 5 heteroatoms. The Kier molecular flexibility index (Phi) is 4.83. The van der Waals surface area contributed by atoms with E-state index in [1.807, 2.05) is 23.1 Å². The summed E-state index contributed by atoms with van der Waals surface area (Å²) in [6, 6.07) is 8.05. The molecule has 120 valence electrons. The monoisotopic (exact) mass is 304 g/mol. The molecule has 0 aromatic heterocycles. The number of benzene rings is 1. The molecule has 1 aromatic rings. The molecule has 3 rings (SSSR count). The molecule has 0 bridgehead atoms. The summed E-state index contributed by atoms with van der Waals surface area (Å²) in [6.07, 6.45) is 2.78. The van der Waals surface area contributed by atoms with Crippen LogP contribution in [0, 0.1) is 0 Å². The molecule has 0 saturated carbocycles. The maximum absolute atomic E-state index is 12.3. The lowest BCUT2D eigenvalue weighted by molar-refractivity contribution is -0.133. The van der Waals surface area contributed by atoms with Crippen molar-refractivity contribution in [2.45, 2.75) is 25.4 Å². The third-order valence-corrected chi connectivity index (χ3v) is 4.48. The van der Waals surface area contributed by atoms with Crippen molar-refractivity contribution in [3.05, 3.63) is 24.3 Å². The fourth-order valence-electron chi connectivity index (χ4n) is 3.22. The van der Waals surface area contributed by atoms with Crippen LogP contribution in [0.15, 0.2) is 24.3 Å². The minimum absolute atomic E-state index is 0.139. The van der Waals surface area contributed by atoms with Crippen LogP contribution in [0.4, 0.5) is 5.69 Å². The number of rotatable bonds is 4. The summed E-state index contributed by atoms with van der Waals surface area (Å²) in [5, 5.41) is 0. The zero-order valence-electron chi connectivity index (χ0n) is 13.2. The van der Waals surface area contributed by atoms with Crippen molar-refractivity contribution in [1.29, 1.82) is 0 Å². The van der Waals surface area contributed by atoms with E-state index in [1.54, 1.807) is 7.11 Å². The quantitative estimate of drug-likeness (QED) is 0.852. The van der Waals surface area contributed by atoms with Crippen LogP contribution in [-0.4, -0.2) is 56.8 Å². The smallest absolute Gasteiger partial charge is 0.225 e. The van der Waals surface area contributed by atoms with Gasteiger partial charge in [0.05, 0.1) is 25.3 Å². The van der Waals surface area contributed by atoms with Crippen molar-refractivity contribution < 1.29 is 14.3 Å². The molecule has 2 saturated heterocycles. The summed E-state index contributed by atoms with van der Waals surface area (Å²) in [5.74, 6) is 1.12. The number of hydrogen-bond acceptors (Lipinski definition) is 4. The average Bonchev–Trinajstić information content (AvgIpc) is 3.08. The minimum Gasteiger partial charge on any atom is -0.495 e. The largest absolute Gasteiger partial charge is 0.495 e. The molecule has 0 aliphatic carbocycles. The fourth-order valence-corrected chi connectivity index (χ4v) is 3.22. The van der Waals surface area contributed by atoms with Crippen LogP contribution in [0.25, 0.3) is 0 Å². The van der Waals surface area contributed by atoms with Gasteiger partial charge in [-0.05, 0) is 25.0 Å². The molecule has 0 N–H and O–H groups in total. The number of nitrogens with zero attached hydrogens (tertiary/aromatic N) is 2. The van der Waals surface area contributed by atoms with E-state index in [-0.39, 0.29) is 12.0 Å². The van der Waals surface area contributed by atoms with Crippen molar-refractivity contribution in [2.75, 3.05) is 44.8 Å². The van der Waals surface area contributed by atoms with Gasteiger partial charge in [-0.25, -0.2) is 0 Å². The van der Waals surface area contributed by atoms with Gasteiger partial charge in [0.2, 0.25) is 5.91 Å². The van der Waals surface area contributed by atoms with Crippen LogP contribution < -0.4 is 9.64 Å². The maximum Gasteiger partial charge on any atom is 0.225 e. The van der Waals surface area contributed by atoms with E-state index < -0.39 is 0 Å². The number of carbonyl (C=O) groups is 1. The van der Waals surface area contributed by atoms with Crippen LogP contribution in [-0.2, 0) is 9.53 Å². The zero-order valence-corrected chi connectivity index (χ0v) is 13.2. The number of carbonyl (C=O) groups excluding carboxylic acids is 1. The number of piperazine rings is 1. The van der Waals surface area contributed by atoms with Gasteiger partial charge in [0, 0.05) is 32.8 Å². The Hall–Kier alpha value is -1.75. The highest BCUT2D eigenvalue weighted by Gasteiger charge is 2.26. The molecule has 0 spiro atoms. The Balaban J connectivity index is 1.54. The first-order valence-electron chi connectivity index (χ1n) is 8.05. The van der Waals surface area contributed by atoms with Crippen molar-refractivity contribution in [1.82, 2.24) is 4.90 Å². The molecule has 0 radical (unpaired) electrons. The lowest BCUT2D eigenvalue weighted by Gasteiger charge is -2.37. The number of para-hydroxylation sites is 2. The van der Waals surface area contributed by atoms with Gasteiger partial charge >= 0.3 is 0 Å². The molecule has 5 nitrogen and oxygen atoms in total. The van der Waals surface area contributed by atoms with E-state index in [1.165, 1.54) is 0 Å². The van der Waals surface area contributed by atoms with Crippen LogP contribution in [0.3, 0.4) is 0 Å². The standard InChI is InChI=1S/C17H24N2O3/c1-21-16-7-3-2-6-15(16)18-8-10-19(11-9-18)17(20)13-14-5-4-12-22-14/h2-3,6-7,14H,4-5,8-13H2,1H3. The summed E-state index contributed by atoms with van der Waals surface area (Å²) >= 11 is 0. The molecule has 22 heavy (non-hydrogen) atoms. The predicted molar refractivity (Wildman–Crippen MR) is 85.4 cm³/mol. The molecular formula is C17H24N2O3. The Morgan fingerprint density at radius 1 is 1.27 bits per heavy atom. The second-order valence-corrected chi connectivity index (χ2v) is 5.88. The molecule has 1 atom stereocenters. The normalized spacial score (nSPS) is 22.0. The second kappa shape index (κ2) is 7.01. The van der Waals surface area contributed by atoms with E-state index >= 15 is 0 Å². The Labute approximate surface area is 131 Å². The number of ether oxygens (including phenoxy) is 2. The van der Waals surface area contributed by atoms with E-state index in [4.69, 9.17) is 9.47 Å². The predicted octanol–water partition coefficient (Wildman–Crippen LogP) is 1.91. The van der Waals surface area contributed by atoms with Gasteiger partial charge in [-0.1, -0.05) is 12.1 Å². The van der Waals surface area contributed by atoms with E-state index in [2.05, 4.69) is 11.0 Å². The zero-order chi connectivity index (χ0) is 15.4. The minimum atomic E-state index is 0.139. The molecule has 2 heterocycles. The fraction of sp³-hybridized carbons (Fsp3) is 0.588. The SMILES string of the molecule is COc1ccccc1N1CCN(C(=O)CC2CCCO2)CC1. The van der Waals surface area contributed by atoms with Crippen LogP contribution >= 0.6 is 0 Å². The first kappa shape index (κ1) is 15.2. The van der Waals surface area contributed by atoms with Gasteiger partial charge in [-0.2, -0.15) is 0 Å². The van der Waals surface area contributed by atoms with Crippen LogP contribution in [0.5, 0.6) is 5.75 Å². The topological polar surface area (TPSA) is 42.0 Å². The third-order valence-electron chi connectivity index (χ3n) is 4.48. The highest BCUT2D eigenvalue weighted by atomic mass is 16.5. The highest BCUT2D eigenvalue weighted by Crippen LogP contribution is 2.28. The number of methoxy groups -OCH3 is 1. The maximum atomic E-state index is 12.3. The van der Waals surface area contributed by atoms with Crippen LogP contribution in [0.1, 0.15) is 19.3 Å². The molecule has 1 aromatic carbocycles. The number of anilines is 1. The molecule has 2 aliphatic rings. The molecule has 1 amide bonds. The average molecular weight is 304 g/mol. The van der Waals surface area contributed by atoms with E-state index in [9.17, 15) is 4.79 Å². The lowest BCUT2D eigenvalue weighted by Crippen LogP contribution is -2.49. The van der Waals surface area contributed by atoms with Gasteiger partial charge in [0.15, 0.2) is 0 Å². The third kappa shape index (κ3) is 3.35. The van der Waals surface area contributed by atoms with E-state index in [0.29, 0.717) is 6.42 Å². The van der Waals surface area contributed by atoms with E-state index in [0.717, 1.165) is 57.1 Å². The van der Waals surface area contributed by atoms with Gasteiger partial charge in [0.1, 0.15) is 5.75 Å². The van der Waals surface area contributed by atoms with Gasteiger partial charge < -0.3 is 19.3 Å². The summed E-state index contributed by atoms with van der Waals surface area (Å²) in [7, 11) is 1.69. The van der Waals surface area contributed by atoms with Crippen LogP contribution in [0.2, 0.25) is 0 Å². The summed E-state index contributed by atoms with van der Waals surface area (Å²) < 4.78 is 11.0. The number of hydrogen-bond donors (Lipinski definition) is 0. The summed E-state index contributed by atoms with van der Waals surface area (Å²) in [5.41, 5.74) is 1.11. The van der Waals surface area contributed by atoms with Crippen molar-refractivity contribution >= 4 is 11.6 Å². The van der Waals surface area contributed by atoms with Gasteiger partial charge in [-0.3, -0.25) is 4.79 Å². The molecule has 1 unspecified atom stereocenters. The molecular weight excluding hydrogens is 280 g/mol. The van der Waals surface area contributed by atoms with Gasteiger partial charge in [0.25, 0.3) is 0 Å². The molecule has 2 fully saturated rings. The highest BCUT2D eigenvalue weighted by molar-refractivity contribution is 5.77. The summed E-state index contributed by atoms with van der Waals surface area (Å²) in [6.45, 7) is 4.03. The van der Waals surface area contributed by atoms with Crippen molar-refractivity contribution in [3.8, 4) is 5.75 Å². The van der Waals surface area contributed by atoms with Crippen molar-refractivity contribution in [3.63, 3.8) is 0 Å².